The van der Waals surface area contributed by atoms with Crippen molar-refractivity contribution < 1.29 is 9.53 Å². The van der Waals surface area contributed by atoms with Crippen LogP contribution in [0.15, 0.2) is 91.1 Å². The van der Waals surface area contributed by atoms with Crippen molar-refractivity contribution in [2.24, 2.45) is 0 Å². The number of amides is 1. The van der Waals surface area contributed by atoms with Gasteiger partial charge < -0.3 is 20.7 Å². The molecule has 2 aromatic carbocycles. The Balaban J connectivity index is 1.19. The molecule has 0 saturated heterocycles. The number of para-hydroxylation sites is 1. The fourth-order valence-electron chi connectivity index (χ4n) is 2.83. The summed E-state index contributed by atoms with van der Waals surface area (Å²) in [5, 5.41) is 17.3. The zero-order chi connectivity index (χ0) is 22.0. The van der Waals surface area contributed by atoms with Gasteiger partial charge in [0.05, 0.1) is 0 Å². The minimum absolute atomic E-state index is 0.154. The number of aromatic nitrogens is 3. The number of carbonyl (C=O) groups is 1. The average molecular weight is 426 g/mol. The second-order valence-electron chi connectivity index (χ2n) is 6.77. The fraction of sp³-hybridized carbons (Fsp3) is 0.0833. The maximum atomic E-state index is 12.3. The minimum Gasteiger partial charge on any atom is -0.457 e. The van der Waals surface area contributed by atoms with Crippen molar-refractivity contribution in [1.29, 1.82) is 0 Å². The quantitative estimate of drug-likeness (QED) is 0.344. The summed E-state index contributed by atoms with van der Waals surface area (Å²) in [5.74, 6) is 3.19. The van der Waals surface area contributed by atoms with Crippen molar-refractivity contribution in [1.82, 2.24) is 20.5 Å². The number of anilines is 3. The summed E-state index contributed by atoms with van der Waals surface area (Å²) in [6, 6.07) is 25.7. The van der Waals surface area contributed by atoms with Crippen molar-refractivity contribution in [2.75, 3.05) is 23.7 Å². The van der Waals surface area contributed by atoms with E-state index in [0.29, 0.717) is 41.9 Å². The van der Waals surface area contributed by atoms with Gasteiger partial charge in [0.2, 0.25) is 0 Å². The molecule has 2 aromatic heterocycles. The molecule has 3 N–H and O–H groups in total. The van der Waals surface area contributed by atoms with E-state index in [-0.39, 0.29) is 5.91 Å². The molecular formula is C24H22N6O2. The molecule has 8 heteroatoms. The van der Waals surface area contributed by atoms with Crippen LogP contribution >= 0.6 is 0 Å². The molecule has 4 rings (SSSR count). The van der Waals surface area contributed by atoms with Crippen LogP contribution in [0.3, 0.4) is 0 Å². The first-order valence-electron chi connectivity index (χ1n) is 10.1. The van der Waals surface area contributed by atoms with E-state index in [1.165, 1.54) is 0 Å². The molecule has 4 aromatic rings. The second-order valence-corrected chi connectivity index (χ2v) is 6.77. The van der Waals surface area contributed by atoms with Gasteiger partial charge in [-0.15, -0.1) is 10.2 Å². The number of ether oxygens (including phenoxy) is 1. The Labute approximate surface area is 185 Å². The van der Waals surface area contributed by atoms with Crippen LogP contribution in [0.2, 0.25) is 0 Å². The number of benzene rings is 2. The molecule has 2 heterocycles. The van der Waals surface area contributed by atoms with Crippen molar-refractivity contribution >= 4 is 23.4 Å². The van der Waals surface area contributed by atoms with E-state index in [0.717, 1.165) is 5.75 Å². The van der Waals surface area contributed by atoms with Gasteiger partial charge in [0.1, 0.15) is 23.1 Å². The number of hydrogen-bond donors (Lipinski definition) is 3. The van der Waals surface area contributed by atoms with E-state index < -0.39 is 0 Å². The first kappa shape index (κ1) is 20.8. The normalized spacial score (nSPS) is 10.2. The van der Waals surface area contributed by atoms with Gasteiger partial charge in [-0.2, -0.15) is 0 Å². The predicted octanol–water partition coefficient (Wildman–Crippen LogP) is 4.25. The van der Waals surface area contributed by atoms with E-state index in [1.54, 1.807) is 30.5 Å². The molecule has 0 saturated carbocycles. The molecule has 0 spiro atoms. The van der Waals surface area contributed by atoms with Crippen molar-refractivity contribution in [3.05, 3.63) is 96.7 Å². The van der Waals surface area contributed by atoms with Crippen LogP contribution < -0.4 is 20.7 Å². The van der Waals surface area contributed by atoms with Gasteiger partial charge in [-0.25, -0.2) is 4.98 Å². The van der Waals surface area contributed by atoms with Crippen LogP contribution in [0.25, 0.3) is 0 Å². The molecule has 0 aliphatic carbocycles. The smallest absolute Gasteiger partial charge is 0.251 e. The van der Waals surface area contributed by atoms with Gasteiger partial charge in [-0.1, -0.05) is 24.3 Å². The number of rotatable bonds is 9. The molecule has 0 bridgehead atoms. The summed E-state index contributed by atoms with van der Waals surface area (Å²) in [4.78, 5) is 16.5. The molecule has 32 heavy (non-hydrogen) atoms. The van der Waals surface area contributed by atoms with Crippen LogP contribution in [0.5, 0.6) is 11.5 Å². The van der Waals surface area contributed by atoms with Gasteiger partial charge in [-0.05, 0) is 60.7 Å². The first-order valence-corrected chi connectivity index (χ1v) is 10.1. The number of pyridine rings is 1. The molecule has 0 fully saturated rings. The van der Waals surface area contributed by atoms with Crippen molar-refractivity contribution in [3.8, 4) is 11.5 Å². The zero-order valence-corrected chi connectivity index (χ0v) is 17.2. The van der Waals surface area contributed by atoms with E-state index in [9.17, 15) is 4.79 Å². The molecular weight excluding hydrogens is 404 g/mol. The largest absolute Gasteiger partial charge is 0.457 e. The molecule has 0 atom stereocenters. The molecule has 1 amide bonds. The van der Waals surface area contributed by atoms with Gasteiger partial charge in [0.25, 0.3) is 5.91 Å². The fourth-order valence-corrected chi connectivity index (χ4v) is 2.83. The number of carbonyl (C=O) groups excluding carboxylic acids is 1. The van der Waals surface area contributed by atoms with Gasteiger partial charge in [-0.3, -0.25) is 4.79 Å². The highest BCUT2D eigenvalue weighted by molar-refractivity contribution is 5.94. The summed E-state index contributed by atoms with van der Waals surface area (Å²) in [5.41, 5.74) is 0.565. The lowest BCUT2D eigenvalue weighted by molar-refractivity contribution is 0.0955. The Morgan fingerprint density at radius 2 is 1.44 bits per heavy atom. The van der Waals surface area contributed by atoms with Crippen LogP contribution in [-0.4, -0.2) is 34.2 Å². The van der Waals surface area contributed by atoms with Crippen LogP contribution in [0.1, 0.15) is 10.4 Å². The number of nitrogens with zero attached hydrogens (tertiary/aromatic N) is 3. The zero-order valence-electron chi connectivity index (χ0n) is 17.2. The van der Waals surface area contributed by atoms with Gasteiger partial charge in [0, 0.05) is 24.8 Å². The number of hydrogen-bond acceptors (Lipinski definition) is 7. The van der Waals surface area contributed by atoms with Crippen molar-refractivity contribution in [3.63, 3.8) is 0 Å². The highest BCUT2D eigenvalue weighted by atomic mass is 16.5. The lowest BCUT2D eigenvalue weighted by Gasteiger charge is -2.09. The summed E-state index contributed by atoms with van der Waals surface area (Å²) in [6.45, 7) is 0.958. The molecule has 160 valence electrons. The Hall–Kier alpha value is -4.46. The third-order valence-corrected chi connectivity index (χ3v) is 4.40. The first-order chi connectivity index (χ1) is 15.8. The minimum atomic E-state index is -0.154. The Morgan fingerprint density at radius 1 is 0.719 bits per heavy atom. The van der Waals surface area contributed by atoms with Crippen LogP contribution in [-0.2, 0) is 0 Å². The van der Waals surface area contributed by atoms with E-state index in [4.69, 9.17) is 4.74 Å². The maximum Gasteiger partial charge on any atom is 0.251 e. The molecule has 0 radical (unpaired) electrons. The second kappa shape index (κ2) is 10.5. The summed E-state index contributed by atoms with van der Waals surface area (Å²) < 4.78 is 5.74. The Morgan fingerprint density at radius 3 is 2.16 bits per heavy atom. The van der Waals surface area contributed by atoms with Crippen LogP contribution in [0.4, 0.5) is 17.5 Å². The molecule has 0 aliphatic rings. The molecule has 0 unspecified atom stereocenters. The van der Waals surface area contributed by atoms with Crippen molar-refractivity contribution in [2.45, 2.75) is 0 Å². The predicted molar refractivity (Wildman–Crippen MR) is 123 cm³/mol. The summed E-state index contributed by atoms with van der Waals surface area (Å²) in [7, 11) is 0. The monoisotopic (exact) mass is 426 g/mol. The third kappa shape index (κ3) is 6.02. The average Bonchev–Trinajstić information content (AvgIpc) is 2.84. The third-order valence-electron chi connectivity index (χ3n) is 4.40. The lowest BCUT2D eigenvalue weighted by Crippen LogP contribution is -2.28. The highest BCUT2D eigenvalue weighted by Gasteiger charge is 2.06. The summed E-state index contributed by atoms with van der Waals surface area (Å²) in [6.07, 6.45) is 1.70. The molecule has 0 aliphatic heterocycles. The Kier molecular flexibility index (Phi) is 6.85. The summed E-state index contributed by atoms with van der Waals surface area (Å²) >= 11 is 0. The highest BCUT2D eigenvalue weighted by Crippen LogP contribution is 2.21. The van der Waals surface area contributed by atoms with E-state index in [2.05, 4.69) is 31.1 Å². The van der Waals surface area contributed by atoms with E-state index >= 15 is 0 Å². The maximum absolute atomic E-state index is 12.3. The number of nitrogens with one attached hydrogen (secondary N) is 3. The van der Waals surface area contributed by atoms with Crippen LogP contribution in [0, 0.1) is 0 Å². The SMILES string of the molecule is O=C(NCCNc1ccc(Nc2ccccn2)nn1)c1ccc(Oc2ccccc2)cc1. The lowest BCUT2D eigenvalue weighted by atomic mass is 10.2. The topological polar surface area (TPSA) is 101 Å². The standard InChI is InChI=1S/C24H22N6O2/c31-24(18-9-11-20(12-10-18)32-19-6-2-1-3-7-19)27-17-16-26-22-13-14-23(30-29-22)28-21-8-4-5-15-25-21/h1-15H,16-17H2,(H,26,29)(H,27,31)(H,25,28,30). The van der Waals surface area contributed by atoms with E-state index in [1.807, 2.05) is 60.7 Å². The Bertz CT molecular complexity index is 1120. The molecule has 8 nitrogen and oxygen atoms in total. The van der Waals surface area contributed by atoms with Gasteiger partial charge >= 0.3 is 0 Å². The van der Waals surface area contributed by atoms with Gasteiger partial charge in [0.15, 0.2) is 5.82 Å².